The fourth-order valence-electron chi connectivity index (χ4n) is 1.78. The van der Waals surface area contributed by atoms with Crippen molar-refractivity contribution >= 4 is 27.4 Å². The summed E-state index contributed by atoms with van der Waals surface area (Å²) in [5.41, 5.74) is 8.01. The summed E-state index contributed by atoms with van der Waals surface area (Å²) in [4.78, 5) is 12.0. The van der Waals surface area contributed by atoms with Crippen LogP contribution in [0.4, 0.5) is 5.69 Å². The van der Waals surface area contributed by atoms with Crippen LogP contribution in [-0.4, -0.2) is 15.6 Å². The number of ketones is 1. The van der Waals surface area contributed by atoms with Crippen molar-refractivity contribution in [2.45, 2.75) is 12.8 Å². The van der Waals surface area contributed by atoms with Crippen LogP contribution in [0.1, 0.15) is 22.3 Å². The molecule has 2 N–H and O–H groups in total. The molecular weight excluding hydrogens is 294 g/mol. The molecule has 0 bridgehead atoms. The molecule has 1 aromatic heterocycles. The van der Waals surface area contributed by atoms with E-state index in [-0.39, 0.29) is 5.78 Å². The van der Waals surface area contributed by atoms with Gasteiger partial charge in [-0.15, -0.1) is 0 Å². The van der Waals surface area contributed by atoms with Gasteiger partial charge in [-0.1, -0.05) is 15.9 Å². The number of aromatic nitrogens is 2. The lowest BCUT2D eigenvalue weighted by molar-refractivity contribution is 0.0983. The Morgan fingerprint density at radius 2 is 2.22 bits per heavy atom. The van der Waals surface area contributed by atoms with Gasteiger partial charge in [-0.3, -0.25) is 9.48 Å². The number of carbonyl (C=O) groups is 1. The predicted octanol–water partition coefficient (Wildman–Crippen LogP) is 2.58. The molecule has 2 aromatic rings. The Morgan fingerprint density at radius 3 is 2.83 bits per heavy atom. The molecule has 0 radical (unpaired) electrons. The molecule has 0 fully saturated rings. The first-order chi connectivity index (χ1) is 8.54. The van der Waals surface area contributed by atoms with Crippen molar-refractivity contribution < 1.29 is 4.79 Å². The van der Waals surface area contributed by atoms with Gasteiger partial charge in [-0.05, 0) is 30.2 Å². The summed E-state index contributed by atoms with van der Waals surface area (Å²) in [5.74, 6) is 0.0897. The number of rotatable bonds is 4. The molecule has 5 heteroatoms. The number of anilines is 1. The molecule has 0 saturated carbocycles. The quantitative estimate of drug-likeness (QED) is 0.697. The second-order valence-electron chi connectivity index (χ2n) is 4.22. The molecule has 0 saturated heterocycles. The van der Waals surface area contributed by atoms with Gasteiger partial charge < -0.3 is 5.73 Å². The van der Waals surface area contributed by atoms with Crippen LogP contribution in [0.25, 0.3) is 0 Å². The van der Waals surface area contributed by atoms with Crippen molar-refractivity contribution in [2.75, 3.05) is 5.73 Å². The van der Waals surface area contributed by atoms with E-state index in [9.17, 15) is 4.79 Å². The van der Waals surface area contributed by atoms with Crippen LogP contribution in [0.5, 0.6) is 0 Å². The minimum atomic E-state index is 0.0897. The summed E-state index contributed by atoms with van der Waals surface area (Å²) in [6, 6.07) is 5.27. The monoisotopic (exact) mass is 307 g/mol. The maximum atomic E-state index is 12.0. The lowest BCUT2D eigenvalue weighted by atomic mass is 10.0. The Kier molecular flexibility index (Phi) is 3.81. The van der Waals surface area contributed by atoms with E-state index in [2.05, 4.69) is 21.0 Å². The SMILES string of the molecule is Cn1cc(CCC(=O)c2cc(N)cc(Br)c2)cn1. The molecule has 4 nitrogen and oxygen atoms in total. The molecule has 0 spiro atoms. The molecule has 0 unspecified atom stereocenters. The summed E-state index contributed by atoms with van der Waals surface area (Å²) in [7, 11) is 1.86. The van der Waals surface area contributed by atoms with Gasteiger partial charge in [0.25, 0.3) is 0 Å². The molecule has 2 rings (SSSR count). The van der Waals surface area contributed by atoms with Gasteiger partial charge in [0, 0.05) is 35.4 Å². The smallest absolute Gasteiger partial charge is 0.163 e. The van der Waals surface area contributed by atoms with Gasteiger partial charge in [-0.2, -0.15) is 5.10 Å². The largest absolute Gasteiger partial charge is 0.399 e. The van der Waals surface area contributed by atoms with Gasteiger partial charge in [0.2, 0.25) is 0 Å². The van der Waals surface area contributed by atoms with E-state index in [4.69, 9.17) is 5.73 Å². The van der Waals surface area contributed by atoms with Crippen LogP contribution < -0.4 is 5.73 Å². The topological polar surface area (TPSA) is 60.9 Å². The van der Waals surface area contributed by atoms with Crippen LogP contribution in [0, 0.1) is 0 Å². The van der Waals surface area contributed by atoms with Gasteiger partial charge in [0.05, 0.1) is 6.20 Å². The lowest BCUT2D eigenvalue weighted by Crippen LogP contribution is -2.02. The minimum absolute atomic E-state index is 0.0897. The summed E-state index contributed by atoms with van der Waals surface area (Å²) < 4.78 is 2.56. The second kappa shape index (κ2) is 5.35. The van der Waals surface area contributed by atoms with Crippen molar-refractivity contribution in [3.63, 3.8) is 0 Å². The third kappa shape index (κ3) is 3.20. The number of nitrogens with zero attached hydrogens (tertiary/aromatic N) is 2. The van der Waals surface area contributed by atoms with E-state index in [1.165, 1.54) is 0 Å². The van der Waals surface area contributed by atoms with Crippen LogP contribution in [-0.2, 0) is 13.5 Å². The predicted molar refractivity (Wildman–Crippen MR) is 74.4 cm³/mol. The molecule has 1 aromatic carbocycles. The number of carbonyl (C=O) groups excluding carboxylic acids is 1. The Bertz CT molecular complexity index is 557. The zero-order valence-corrected chi connectivity index (χ0v) is 11.6. The highest BCUT2D eigenvalue weighted by atomic mass is 79.9. The first kappa shape index (κ1) is 12.8. The standard InChI is InChI=1S/C13H14BrN3O/c1-17-8-9(7-16-17)2-3-13(18)10-4-11(14)6-12(15)5-10/h4-8H,2-3,15H2,1H3. The molecule has 0 amide bonds. The number of hydrogen-bond donors (Lipinski definition) is 1. The number of hydrogen-bond acceptors (Lipinski definition) is 3. The van der Waals surface area contributed by atoms with E-state index in [1.54, 1.807) is 29.1 Å². The van der Waals surface area contributed by atoms with Crippen LogP contribution in [0.2, 0.25) is 0 Å². The van der Waals surface area contributed by atoms with Gasteiger partial charge in [0.15, 0.2) is 5.78 Å². The van der Waals surface area contributed by atoms with E-state index in [1.807, 2.05) is 13.2 Å². The number of benzene rings is 1. The van der Waals surface area contributed by atoms with Crippen molar-refractivity contribution in [2.24, 2.45) is 7.05 Å². The maximum absolute atomic E-state index is 12.0. The normalized spacial score (nSPS) is 10.6. The van der Waals surface area contributed by atoms with Gasteiger partial charge >= 0.3 is 0 Å². The number of nitrogens with two attached hydrogens (primary N) is 1. The Morgan fingerprint density at radius 1 is 1.44 bits per heavy atom. The fourth-order valence-corrected chi connectivity index (χ4v) is 2.29. The molecule has 94 valence electrons. The number of aryl methyl sites for hydroxylation is 2. The Hall–Kier alpha value is -1.62. The van der Waals surface area contributed by atoms with Crippen molar-refractivity contribution in [3.8, 4) is 0 Å². The van der Waals surface area contributed by atoms with Crippen molar-refractivity contribution in [1.29, 1.82) is 0 Å². The summed E-state index contributed by atoms with van der Waals surface area (Å²) in [5, 5.41) is 4.07. The highest BCUT2D eigenvalue weighted by Crippen LogP contribution is 2.19. The van der Waals surface area contributed by atoms with E-state index in [0.29, 0.717) is 24.1 Å². The van der Waals surface area contributed by atoms with E-state index in [0.717, 1.165) is 10.0 Å². The summed E-state index contributed by atoms with van der Waals surface area (Å²) in [6.07, 6.45) is 4.85. The Labute approximate surface area is 114 Å². The fraction of sp³-hybridized carbons (Fsp3) is 0.231. The average Bonchev–Trinajstić information content (AvgIpc) is 2.70. The molecule has 0 atom stereocenters. The molecule has 0 aliphatic heterocycles. The number of Topliss-reactive ketones (excluding diaryl/α,β-unsaturated/α-hetero) is 1. The highest BCUT2D eigenvalue weighted by molar-refractivity contribution is 9.10. The van der Waals surface area contributed by atoms with Gasteiger partial charge in [-0.25, -0.2) is 0 Å². The minimum Gasteiger partial charge on any atom is -0.399 e. The number of halogens is 1. The third-order valence-corrected chi connectivity index (χ3v) is 3.10. The number of nitrogen functional groups attached to an aromatic ring is 1. The second-order valence-corrected chi connectivity index (χ2v) is 5.13. The molecule has 18 heavy (non-hydrogen) atoms. The zero-order chi connectivity index (χ0) is 13.1. The van der Waals surface area contributed by atoms with Gasteiger partial charge in [0.1, 0.15) is 0 Å². The van der Waals surface area contributed by atoms with E-state index < -0.39 is 0 Å². The Balaban J connectivity index is 2.03. The average molecular weight is 308 g/mol. The highest BCUT2D eigenvalue weighted by Gasteiger charge is 2.08. The first-order valence-corrected chi connectivity index (χ1v) is 6.40. The summed E-state index contributed by atoms with van der Waals surface area (Å²) >= 11 is 3.34. The lowest BCUT2D eigenvalue weighted by Gasteiger charge is -2.03. The van der Waals surface area contributed by atoms with Crippen LogP contribution in [0.15, 0.2) is 35.1 Å². The first-order valence-electron chi connectivity index (χ1n) is 5.61. The molecular formula is C13H14BrN3O. The van der Waals surface area contributed by atoms with Crippen LogP contribution >= 0.6 is 15.9 Å². The molecule has 0 aliphatic rings. The zero-order valence-electron chi connectivity index (χ0n) is 10.1. The molecule has 0 aliphatic carbocycles. The van der Waals surface area contributed by atoms with E-state index >= 15 is 0 Å². The van der Waals surface area contributed by atoms with Crippen molar-refractivity contribution in [1.82, 2.24) is 9.78 Å². The van der Waals surface area contributed by atoms with Crippen molar-refractivity contribution in [3.05, 3.63) is 46.2 Å². The maximum Gasteiger partial charge on any atom is 0.163 e. The molecule has 1 heterocycles. The third-order valence-electron chi connectivity index (χ3n) is 2.64. The summed E-state index contributed by atoms with van der Waals surface area (Å²) in [6.45, 7) is 0. The van der Waals surface area contributed by atoms with Crippen LogP contribution in [0.3, 0.4) is 0 Å².